The van der Waals surface area contributed by atoms with Gasteiger partial charge in [-0.1, -0.05) is 28.1 Å². The molecule has 6 nitrogen and oxygen atoms in total. The van der Waals surface area contributed by atoms with Crippen molar-refractivity contribution in [1.29, 1.82) is 0 Å². The highest BCUT2D eigenvalue weighted by molar-refractivity contribution is 9.10. The van der Waals surface area contributed by atoms with E-state index < -0.39 is 0 Å². The number of anilines is 1. The zero-order valence-corrected chi connectivity index (χ0v) is 16.1. The number of hydrogen-bond donors (Lipinski definition) is 2. The molecule has 2 N–H and O–H groups in total. The number of carbonyl (C=O) groups excluding carboxylic acids is 2. The Balaban J connectivity index is 1.46. The van der Waals surface area contributed by atoms with Crippen LogP contribution >= 0.6 is 15.9 Å². The van der Waals surface area contributed by atoms with Crippen LogP contribution in [0.3, 0.4) is 0 Å². The van der Waals surface area contributed by atoms with E-state index in [2.05, 4.69) is 31.7 Å². The average Bonchev–Trinajstić information content (AvgIpc) is 3.15. The van der Waals surface area contributed by atoms with Crippen molar-refractivity contribution in [3.05, 3.63) is 82.6 Å². The highest BCUT2D eigenvalue weighted by atomic mass is 79.9. The normalized spacial score (nSPS) is 10.4. The van der Waals surface area contributed by atoms with Gasteiger partial charge in [0.1, 0.15) is 0 Å². The Kier molecular flexibility index (Phi) is 6.38. The fourth-order valence-corrected chi connectivity index (χ4v) is 2.81. The van der Waals surface area contributed by atoms with Crippen LogP contribution in [0.4, 0.5) is 5.69 Å². The van der Waals surface area contributed by atoms with Crippen molar-refractivity contribution in [2.75, 3.05) is 11.9 Å². The summed E-state index contributed by atoms with van der Waals surface area (Å²) in [5.41, 5.74) is 2.33. The topological polar surface area (TPSA) is 76.0 Å². The van der Waals surface area contributed by atoms with Crippen molar-refractivity contribution < 1.29 is 9.59 Å². The van der Waals surface area contributed by atoms with Crippen LogP contribution in [0.1, 0.15) is 22.3 Å². The van der Waals surface area contributed by atoms with Gasteiger partial charge >= 0.3 is 0 Å². The molecule has 3 rings (SSSR count). The van der Waals surface area contributed by atoms with Gasteiger partial charge in [-0.3, -0.25) is 14.3 Å². The summed E-state index contributed by atoms with van der Waals surface area (Å²) in [6, 6.07) is 16.6. The minimum absolute atomic E-state index is 0.151. The molecule has 0 unspecified atom stereocenters. The first kappa shape index (κ1) is 18.8. The summed E-state index contributed by atoms with van der Waals surface area (Å²) in [7, 11) is 0. The molecule has 2 amide bonds. The maximum atomic E-state index is 12.1. The average molecular weight is 427 g/mol. The molecule has 0 fully saturated rings. The lowest BCUT2D eigenvalue weighted by Crippen LogP contribution is -2.27. The summed E-state index contributed by atoms with van der Waals surface area (Å²) in [6.07, 6.45) is 3.82. The second-order valence-electron chi connectivity index (χ2n) is 5.96. The maximum absolute atomic E-state index is 12.1. The van der Waals surface area contributed by atoms with Crippen LogP contribution < -0.4 is 10.6 Å². The number of amides is 2. The molecule has 0 saturated carbocycles. The van der Waals surface area contributed by atoms with Gasteiger partial charge < -0.3 is 10.6 Å². The SMILES string of the molecule is O=C(CCNC(=O)c1ccc(Br)cc1)Nc1cccc(Cn2cccn2)c1. The van der Waals surface area contributed by atoms with Crippen LogP contribution in [-0.2, 0) is 11.3 Å². The molecule has 0 atom stereocenters. The molecule has 0 aliphatic rings. The zero-order chi connectivity index (χ0) is 19.1. The van der Waals surface area contributed by atoms with Crippen molar-refractivity contribution in [1.82, 2.24) is 15.1 Å². The number of halogens is 1. The first-order valence-electron chi connectivity index (χ1n) is 8.50. The van der Waals surface area contributed by atoms with E-state index in [4.69, 9.17) is 0 Å². The predicted molar refractivity (Wildman–Crippen MR) is 107 cm³/mol. The van der Waals surface area contributed by atoms with Crippen molar-refractivity contribution in [3.63, 3.8) is 0 Å². The lowest BCUT2D eigenvalue weighted by Gasteiger charge is -2.09. The van der Waals surface area contributed by atoms with E-state index in [0.29, 0.717) is 12.1 Å². The third kappa shape index (κ3) is 5.79. The number of nitrogens with zero attached hydrogens (tertiary/aromatic N) is 2. The monoisotopic (exact) mass is 426 g/mol. The van der Waals surface area contributed by atoms with Crippen molar-refractivity contribution in [2.45, 2.75) is 13.0 Å². The van der Waals surface area contributed by atoms with Crippen LogP contribution in [0.15, 0.2) is 71.5 Å². The summed E-state index contributed by atoms with van der Waals surface area (Å²) in [4.78, 5) is 24.1. The predicted octanol–water partition coefficient (Wildman–Crippen LogP) is 3.45. The molecule has 0 bridgehead atoms. The highest BCUT2D eigenvalue weighted by Gasteiger charge is 2.07. The summed E-state index contributed by atoms with van der Waals surface area (Å²) < 4.78 is 2.73. The number of carbonyl (C=O) groups is 2. The van der Waals surface area contributed by atoms with Gasteiger partial charge in [-0.2, -0.15) is 5.10 Å². The van der Waals surface area contributed by atoms with E-state index in [1.807, 2.05) is 41.2 Å². The summed E-state index contributed by atoms with van der Waals surface area (Å²) in [5, 5.41) is 9.78. The van der Waals surface area contributed by atoms with Crippen LogP contribution in [0.25, 0.3) is 0 Å². The first-order chi connectivity index (χ1) is 13.1. The van der Waals surface area contributed by atoms with Gasteiger partial charge in [0.05, 0.1) is 6.54 Å². The van der Waals surface area contributed by atoms with Crippen LogP contribution in [0.2, 0.25) is 0 Å². The van der Waals surface area contributed by atoms with E-state index in [1.54, 1.807) is 30.5 Å². The molecule has 1 aromatic heterocycles. The Bertz CT molecular complexity index is 908. The maximum Gasteiger partial charge on any atom is 0.251 e. The smallest absolute Gasteiger partial charge is 0.251 e. The summed E-state index contributed by atoms with van der Waals surface area (Å²) >= 11 is 3.33. The van der Waals surface area contributed by atoms with Crippen LogP contribution in [0, 0.1) is 0 Å². The molecule has 27 heavy (non-hydrogen) atoms. The number of aromatic nitrogens is 2. The molecule has 7 heteroatoms. The van der Waals surface area contributed by atoms with E-state index in [1.165, 1.54) is 0 Å². The molecule has 0 spiro atoms. The van der Waals surface area contributed by atoms with E-state index >= 15 is 0 Å². The van der Waals surface area contributed by atoms with Gasteiger partial charge in [0, 0.05) is 41.1 Å². The number of rotatable bonds is 7. The molecule has 0 aliphatic heterocycles. The van der Waals surface area contributed by atoms with Crippen molar-refractivity contribution in [3.8, 4) is 0 Å². The quantitative estimate of drug-likeness (QED) is 0.607. The molecule has 1 heterocycles. The van der Waals surface area contributed by atoms with Crippen molar-refractivity contribution >= 4 is 33.4 Å². The van der Waals surface area contributed by atoms with Gasteiger partial charge in [0.25, 0.3) is 5.91 Å². The molecule has 138 valence electrons. The first-order valence-corrected chi connectivity index (χ1v) is 9.29. The highest BCUT2D eigenvalue weighted by Crippen LogP contribution is 2.12. The minimum Gasteiger partial charge on any atom is -0.352 e. The fraction of sp³-hybridized carbons (Fsp3) is 0.150. The molecule has 0 radical (unpaired) electrons. The number of hydrogen-bond acceptors (Lipinski definition) is 3. The van der Waals surface area contributed by atoms with E-state index in [-0.39, 0.29) is 24.8 Å². The van der Waals surface area contributed by atoms with Gasteiger partial charge in [0.2, 0.25) is 5.91 Å². The lowest BCUT2D eigenvalue weighted by atomic mass is 10.2. The molecule has 0 aliphatic carbocycles. The van der Waals surface area contributed by atoms with Crippen molar-refractivity contribution in [2.24, 2.45) is 0 Å². The Labute approximate surface area is 165 Å². The number of nitrogens with one attached hydrogen (secondary N) is 2. The van der Waals surface area contributed by atoms with Gasteiger partial charge in [-0.25, -0.2) is 0 Å². The molecular formula is C20H19BrN4O2. The summed E-state index contributed by atoms with van der Waals surface area (Å²) in [5.74, 6) is -0.348. The third-order valence-electron chi connectivity index (χ3n) is 3.86. The molecular weight excluding hydrogens is 408 g/mol. The van der Waals surface area contributed by atoms with Gasteiger partial charge in [-0.15, -0.1) is 0 Å². The zero-order valence-electron chi connectivity index (χ0n) is 14.6. The molecule has 0 saturated heterocycles. The van der Waals surface area contributed by atoms with Crippen LogP contribution in [-0.4, -0.2) is 28.1 Å². The lowest BCUT2D eigenvalue weighted by molar-refractivity contribution is -0.116. The van der Waals surface area contributed by atoms with E-state index in [9.17, 15) is 9.59 Å². The van der Waals surface area contributed by atoms with E-state index in [0.717, 1.165) is 15.7 Å². The Morgan fingerprint density at radius 1 is 1.07 bits per heavy atom. The Morgan fingerprint density at radius 3 is 2.63 bits per heavy atom. The Hall–Kier alpha value is -2.93. The second-order valence-corrected chi connectivity index (χ2v) is 6.88. The van der Waals surface area contributed by atoms with Crippen LogP contribution in [0.5, 0.6) is 0 Å². The third-order valence-corrected chi connectivity index (χ3v) is 4.39. The van der Waals surface area contributed by atoms with Gasteiger partial charge in [-0.05, 0) is 48.0 Å². The Morgan fingerprint density at radius 2 is 1.89 bits per heavy atom. The largest absolute Gasteiger partial charge is 0.352 e. The standard InChI is InChI=1S/C20H19BrN4O2/c21-17-7-5-16(6-8-17)20(27)22-11-9-19(26)24-18-4-1-3-15(13-18)14-25-12-2-10-23-25/h1-8,10,12-13H,9,11,14H2,(H,22,27)(H,24,26). The fourth-order valence-electron chi connectivity index (χ4n) is 2.54. The minimum atomic E-state index is -0.198. The van der Waals surface area contributed by atoms with Gasteiger partial charge in [0.15, 0.2) is 0 Å². The molecule has 3 aromatic rings. The summed E-state index contributed by atoms with van der Waals surface area (Å²) in [6.45, 7) is 0.910. The number of benzene rings is 2. The molecule has 2 aromatic carbocycles. The second kappa shape index (κ2) is 9.14.